The molecular formula is C12H9BF5NO. The van der Waals surface area contributed by atoms with E-state index in [4.69, 9.17) is 0 Å². The quantitative estimate of drug-likeness (QED) is 0.481. The van der Waals surface area contributed by atoms with Crippen molar-refractivity contribution in [2.24, 2.45) is 0 Å². The average Bonchev–Trinajstić information content (AvgIpc) is 2.38. The molecule has 0 saturated heterocycles. The van der Waals surface area contributed by atoms with Gasteiger partial charge < -0.3 is 13.4 Å². The van der Waals surface area contributed by atoms with Crippen LogP contribution in [0.5, 0.6) is 0 Å². The van der Waals surface area contributed by atoms with E-state index in [0.717, 1.165) is 6.20 Å². The summed E-state index contributed by atoms with van der Waals surface area (Å²) >= 11 is 0. The lowest BCUT2D eigenvalue weighted by Gasteiger charge is -2.23. The number of rotatable bonds is 3. The van der Waals surface area contributed by atoms with Crippen molar-refractivity contribution in [3.63, 3.8) is 0 Å². The van der Waals surface area contributed by atoms with E-state index in [1.165, 1.54) is 18.2 Å². The molecule has 0 atom stereocenters. The van der Waals surface area contributed by atoms with Gasteiger partial charge in [0.25, 0.3) is 5.69 Å². The van der Waals surface area contributed by atoms with E-state index in [0.29, 0.717) is 10.3 Å². The minimum Gasteiger partial charge on any atom is -0.432 e. The van der Waals surface area contributed by atoms with Gasteiger partial charge in [0.1, 0.15) is 0 Å². The Kier molecular flexibility index (Phi) is 3.65. The number of nitrogens with zero attached hydrogens (tertiary/aromatic N) is 1. The minimum absolute atomic E-state index is 0.0962. The molecule has 0 unspecified atom stereocenters. The van der Waals surface area contributed by atoms with E-state index < -0.39 is 13.0 Å². The Balaban J connectivity index is 2.40. The van der Waals surface area contributed by atoms with E-state index >= 15 is 0 Å². The largest absolute Gasteiger partial charge is 0.658 e. The Morgan fingerprint density at radius 2 is 1.50 bits per heavy atom. The van der Waals surface area contributed by atoms with Gasteiger partial charge in [0.05, 0.1) is 5.56 Å². The molecule has 0 aliphatic heterocycles. The first-order valence-corrected chi connectivity index (χ1v) is 5.64. The maximum atomic E-state index is 13.0. The summed E-state index contributed by atoms with van der Waals surface area (Å²) < 4.78 is 66.9. The van der Waals surface area contributed by atoms with Crippen LogP contribution in [-0.4, -0.2) is 13.0 Å². The fraction of sp³-hybridized carbons (Fsp3) is 0.0833. The van der Waals surface area contributed by atoms with Gasteiger partial charge in [-0.05, 0) is 22.9 Å². The summed E-state index contributed by atoms with van der Waals surface area (Å²) in [4.78, 5) is 0. The van der Waals surface area contributed by atoms with Gasteiger partial charge in [-0.25, -0.2) is 13.2 Å². The molecule has 2 aromatic rings. The Morgan fingerprint density at radius 3 is 2.10 bits per heavy atom. The highest BCUT2D eigenvalue weighted by atomic mass is 19.4. The molecular weight excluding hydrogens is 280 g/mol. The number of alkyl halides is 3. The van der Waals surface area contributed by atoms with Crippen molar-refractivity contribution < 1.29 is 31.3 Å². The van der Waals surface area contributed by atoms with Gasteiger partial charge in [-0.1, -0.05) is 18.2 Å². The van der Waals surface area contributed by atoms with Crippen LogP contribution in [0.1, 0.15) is 0 Å². The lowest BCUT2D eigenvalue weighted by atomic mass is 9.87. The van der Waals surface area contributed by atoms with Crippen molar-refractivity contribution in [1.82, 2.24) is 0 Å². The summed E-state index contributed by atoms with van der Waals surface area (Å²) in [5, 5.41) is 0. The number of benzene rings is 1. The van der Waals surface area contributed by atoms with Crippen LogP contribution < -0.4 is 9.49 Å². The highest BCUT2D eigenvalue weighted by Gasteiger charge is 2.60. The molecule has 106 valence electrons. The summed E-state index contributed by atoms with van der Waals surface area (Å²) in [6, 6.07) is 12.3. The van der Waals surface area contributed by atoms with Crippen LogP contribution in [0.3, 0.4) is 0 Å². The normalized spacial score (nSPS) is 12.2. The highest BCUT2D eigenvalue weighted by molar-refractivity contribution is 6.61. The zero-order valence-corrected chi connectivity index (χ0v) is 10.0. The Hall–Kier alpha value is -2.12. The highest BCUT2D eigenvalue weighted by Crippen LogP contribution is 2.29. The van der Waals surface area contributed by atoms with Gasteiger partial charge in [0.15, 0.2) is 0 Å². The molecule has 0 spiro atoms. The molecule has 0 aliphatic rings. The second-order valence-electron chi connectivity index (χ2n) is 4.02. The molecule has 1 aromatic heterocycles. The van der Waals surface area contributed by atoms with Crippen LogP contribution in [0.4, 0.5) is 21.8 Å². The molecule has 0 bridgehead atoms. The second-order valence-corrected chi connectivity index (χ2v) is 4.02. The molecule has 8 heteroatoms. The minimum atomic E-state index is -5.98. The monoisotopic (exact) mass is 289 g/mol. The molecule has 0 radical (unpaired) electrons. The molecule has 1 heterocycles. The third-order valence-electron chi connectivity index (χ3n) is 2.52. The molecule has 0 amide bonds. The summed E-state index contributed by atoms with van der Waals surface area (Å²) in [5.74, 6) is 0. The van der Waals surface area contributed by atoms with Gasteiger partial charge in [0.2, 0.25) is 6.20 Å². The fourth-order valence-electron chi connectivity index (χ4n) is 1.56. The maximum Gasteiger partial charge on any atom is 0.658 e. The van der Waals surface area contributed by atoms with Crippen LogP contribution in [0, 0.1) is 0 Å². The predicted octanol–water partition coefficient (Wildman–Crippen LogP) is 3.05. The number of aromatic nitrogens is 1. The SMILES string of the molecule is F[B-](F)(O[n+]1ccccc1-c1ccccc1)C(F)(F)F. The molecule has 2 nitrogen and oxygen atoms in total. The maximum absolute atomic E-state index is 13.0. The summed E-state index contributed by atoms with van der Waals surface area (Å²) in [6.07, 6.45) is -4.72. The van der Waals surface area contributed by atoms with E-state index in [-0.39, 0.29) is 5.69 Å². The third kappa shape index (κ3) is 2.89. The molecule has 0 fully saturated rings. The van der Waals surface area contributed by atoms with Crippen molar-refractivity contribution in [1.29, 1.82) is 0 Å². The van der Waals surface area contributed by atoms with E-state index in [1.54, 1.807) is 30.3 Å². The van der Waals surface area contributed by atoms with Crippen molar-refractivity contribution in [2.75, 3.05) is 0 Å². The third-order valence-corrected chi connectivity index (χ3v) is 2.52. The Labute approximate surface area is 111 Å². The summed E-state index contributed by atoms with van der Waals surface area (Å²) in [5.41, 5.74) is 0.556. The summed E-state index contributed by atoms with van der Waals surface area (Å²) in [6.45, 7) is -5.98. The van der Waals surface area contributed by atoms with Crippen LogP contribution in [-0.2, 0) is 0 Å². The first-order chi connectivity index (χ1) is 9.31. The first-order valence-electron chi connectivity index (χ1n) is 5.64. The van der Waals surface area contributed by atoms with Crippen molar-refractivity contribution in [3.8, 4) is 11.3 Å². The van der Waals surface area contributed by atoms with Gasteiger partial charge in [-0.2, -0.15) is 0 Å². The summed E-state index contributed by atoms with van der Waals surface area (Å²) in [7, 11) is 0. The Bertz CT molecular complexity index is 588. The number of hydrogen-bond acceptors (Lipinski definition) is 1. The molecule has 2 rings (SSSR count). The molecule has 1 aromatic carbocycles. The van der Waals surface area contributed by atoms with Gasteiger partial charge >= 0.3 is 13.0 Å². The second kappa shape index (κ2) is 5.11. The fourth-order valence-corrected chi connectivity index (χ4v) is 1.56. The molecule has 0 N–H and O–H groups in total. The standard InChI is InChI=1S/C12H9BF5NO/c14-12(15,16)13(17,18)20-19-9-5-4-8-11(19)10-6-2-1-3-7-10/h1-9H. The van der Waals surface area contributed by atoms with Crippen LogP contribution >= 0.6 is 0 Å². The van der Waals surface area contributed by atoms with Crippen molar-refractivity contribution in [2.45, 2.75) is 6.08 Å². The van der Waals surface area contributed by atoms with Gasteiger partial charge in [0, 0.05) is 12.1 Å². The van der Waals surface area contributed by atoms with E-state index in [1.807, 2.05) is 0 Å². The topological polar surface area (TPSA) is 13.1 Å². The zero-order chi connectivity index (χ0) is 14.8. The van der Waals surface area contributed by atoms with E-state index in [9.17, 15) is 21.8 Å². The van der Waals surface area contributed by atoms with Crippen LogP contribution in [0.25, 0.3) is 11.3 Å². The lowest BCUT2D eigenvalue weighted by molar-refractivity contribution is -0.859. The predicted molar refractivity (Wildman–Crippen MR) is 62.7 cm³/mol. The zero-order valence-electron chi connectivity index (χ0n) is 10.0. The molecule has 20 heavy (non-hydrogen) atoms. The lowest BCUT2D eigenvalue weighted by Crippen LogP contribution is -2.62. The van der Waals surface area contributed by atoms with E-state index in [2.05, 4.69) is 4.76 Å². The van der Waals surface area contributed by atoms with Gasteiger partial charge in [-0.3, -0.25) is 0 Å². The smallest absolute Gasteiger partial charge is 0.432 e. The van der Waals surface area contributed by atoms with Crippen LogP contribution in [0.15, 0.2) is 54.7 Å². The number of halogens is 5. The molecule has 0 saturated carbocycles. The van der Waals surface area contributed by atoms with Crippen molar-refractivity contribution >= 4 is 6.90 Å². The number of pyridine rings is 1. The van der Waals surface area contributed by atoms with Crippen molar-refractivity contribution in [3.05, 3.63) is 54.7 Å². The number of hydrogen-bond donors (Lipinski definition) is 0. The van der Waals surface area contributed by atoms with Crippen LogP contribution in [0.2, 0.25) is 0 Å². The van der Waals surface area contributed by atoms with Gasteiger partial charge in [-0.15, -0.1) is 0 Å². The molecule has 0 aliphatic carbocycles. The average molecular weight is 289 g/mol. The Morgan fingerprint density at radius 1 is 0.900 bits per heavy atom. The first kappa shape index (κ1) is 14.3.